The molecule has 1 unspecified atom stereocenters. The summed E-state index contributed by atoms with van der Waals surface area (Å²) in [5.74, 6) is 1.38. The van der Waals surface area contributed by atoms with Crippen LogP contribution >= 0.6 is 0 Å². The van der Waals surface area contributed by atoms with Crippen molar-refractivity contribution in [3.63, 3.8) is 0 Å². The first-order chi connectivity index (χ1) is 6.96. The number of ether oxygens (including phenoxy) is 1. The van der Waals surface area contributed by atoms with Gasteiger partial charge in [-0.15, -0.1) is 12.3 Å². The number of rotatable bonds is 5. The molecular formula is C12H17NO2. The summed E-state index contributed by atoms with van der Waals surface area (Å²) in [4.78, 5) is 11.4. The fraction of sp³-hybridized carbons (Fsp3) is 0.667. The van der Waals surface area contributed by atoms with E-state index in [0.717, 1.165) is 0 Å². The summed E-state index contributed by atoms with van der Waals surface area (Å²) in [5.41, 5.74) is -0.206. The second-order valence-corrected chi connectivity index (χ2v) is 4.18. The van der Waals surface area contributed by atoms with Crippen LogP contribution in [0.4, 0.5) is 0 Å². The molecule has 15 heavy (non-hydrogen) atoms. The number of carbonyl (C=O) groups excluding carboxylic acids is 1. The smallest absolute Gasteiger partial charge is 0.323 e. The van der Waals surface area contributed by atoms with Crippen LogP contribution in [-0.4, -0.2) is 12.6 Å². The van der Waals surface area contributed by atoms with Gasteiger partial charge in [-0.3, -0.25) is 4.79 Å². The summed E-state index contributed by atoms with van der Waals surface area (Å²) in [7, 11) is 0. The Bertz CT molecular complexity index is 294. The molecule has 0 aromatic rings. The lowest BCUT2D eigenvalue weighted by Crippen LogP contribution is -2.23. The number of carbonyl (C=O) groups is 1. The zero-order chi connectivity index (χ0) is 11.9. The molecule has 0 amide bonds. The quantitative estimate of drug-likeness (QED) is 0.512. The monoisotopic (exact) mass is 207 g/mol. The van der Waals surface area contributed by atoms with Gasteiger partial charge in [-0.2, -0.15) is 5.26 Å². The van der Waals surface area contributed by atoms with Gasteiger partial charge in [0.05, 0.1) is 12.7 Å². The zero-order valence-electron chi connectivity index (χ0n) is 9.54. The van der Waals surface area contributed by atoms with Gasteiger partial charge in [0.1, 0.15) is 5.92 Å². The minimum atomic E-state index is -0.715. The van der Waals surface area contributed by atoms with E-state index >= 15 is 0 Å². The van der Waals surface area contributed by atoms with Crippen molar-refractivity contribution in [2.24, 2.45) is 11.3 Å². The molecule has 0 aliphatic carbocycles. The van der Waals surface area contributed by atoms with Crippen LogP contribution in [-0.2, 0) is 9.53 Å². The maximum atomic E-state index is 11.4. The van der Waals surface area contributed by atoms with Crippen molar-refractivity contribution < 1.29 is 9.53 Å². The molecular weight excluding hydrogens is 190 g/mol. The van der Waals surface area contributed by atoms with E-state index in [1.165, 1.54) is 0 Å². The highest BCUT2D eigenvalue weighted by Gasteiger charge is 2.28. The normalized spacial score (nSPS) is 12.3. The lowest BCUT2D eigenvalue weighted by molar-refractivity contribution is -0.146. The largest absolute Gasteiger partial charge is 0.465 e. The molecule has 0 aliphatic heterocycles. The molecule has 0 heterocycles. The Hall–Kier alpha value is -1.48. The predicted molar refractivity (Wildman–Crippen MR) is 57.6 cm³/mol. The van der Waals surface area contributed by atoms with E-state index in [9.17, 15) is 4.79 Å². The van der Waals surface area contributed by atoms with Crippen molar-refractivity contribution in [2.45, 2.75) is 33.6 Å². The van der Waals surface area contributed by atoms with Gasteiger partial charge in [0.25, 0.3) is 0 Å². The standard InChI is InChI=1S/C12H17NO2/c1-5-7-12(3,4)8-10(9-13)11(14)15-6-2/h1,10H,6-8H2,2-4H3. The van der Waals surface area contributed by atoms with Crippen molar-refractivity contribution in [3.8, 4) is 18.4 Å². The van der Waals surface area contributed by atoms with Gasteiger partial charge in [-0.1, -0.05) is 13.8 Å². The Morgan fingerprint density at radius 2 is 2.20 bits per heavy atom. The Kier molecular flexibility index (Phi) is 5.49. The van der Waals surface area contributed by atoms with Gasteiger partial charge in [0.15, 0.2) is 0 Å². The molecule has 0 saturated carbocycles. The highest BCUT2D eigenvalue weighted by atomic mass is 16.5. The second kappa shape index (κ2) is 6.09. The first-order valence-electron chi connectivity index (χ1n) is 4.96. The summed E-state index contributed by atoms with van der Waals surface area (Å²) < 4.78 is 4.81. The molecule has 82 valence electrons. The average molecular weight is 207 g/mol. The van der Waals surface area contributed by atoms with Crippen LogP contribution in [0.3, 0.4) is 0 Å². The number of nitrogens with zero attached hydrogens (tertiary/aromatic N) is 1. The fourth-order valence-electron chi connectivity index (χ4n) is 1.33. The Morgan fingerprint density at radius 3 is 2.60 bits per heavy atom. The van der Waals surface area contributed by atoms with Crippen molar-refractivity contribution >= 4 is 5.97 Å². The summed E-state index contributed by atoms with van der Waals surface area (Å²) in [5, 5.41) is 8.85. The summed E-state index contributed by atoms with van der Waals surface area (Å²) in [6.07, 6.45) is 6.20. The number of hydrogen-bond acceptors (Lipinski definition) is 3. The van der Waals surface area contributed by atoms with Crippen LogP contribution in [0.1, 0.15) is 33.6 Å². The van der Waals surface area contributed by atoms with E-state index in [2.05, 4.69) is 5.92 Å². The second-order valence-electron chi connectivity index (χ2n) is 4.18. The Balaban J connectivity index is 4.41. The van der Waals surface area contributed by atoms with E-state index in [1.807, 2.05) is 19.9 Å². The molecule has 0 rings (SSSR count). The lowest BCUT2D eigenvalue weighted by Gasteiger charge is -2.23. The molecule has 0 aromatic carbocycles. The molecule has 0 spiro atoms. The van der Waals surface area contributed by atoms with E-state index < -0.39 is 11.9 Å². The maximum Gasteiger partial charge on any atom is 0.323 e. The van der Waals surface area contributed by atoms with E-state index in [-0.39, 0.29) is 5.41 Å². The predicted octanol–water partition coefficient (Wildman–Crippen LogP) is 2.13. The van der Waals surface area contributed by atoms with Crippen LogP contribution in [0, 0.1) is 35.0 Å². The van der Waals surface area contributed by atoms with Crippen LogP contribution in [0.2, 0.25) is 0 Å². The molecule has 0 fully saturated rings. The Morgan fingerprint density at radius 1 is 1.60 bits per heavy atom. The van der Waals surface area contributed by atoms with E-state index in [4.69, 9.17) is 16.4 Å². The third kappa shape index (κ3) is 5.08. The average Bonchev–Trinajstić information content (AvgIpc) is 2.14. The molecule has 3 nitrogen and oxygen atoms in total. The fourth-order valence-corrected chi connectivity index (χ4v) is 1.33. The van der Waals surface area contributed by atoms with Gasteiger partial charge >= 0.3 is 5.97 Å². The molecule has 0 aromatic heterocycles. The molecule has 3 heteroatoms. The highest BCUT2D eigenvalue weighted by Crippen LogP contribution is 2.29. The maximum absolute atomic E-state index is 11.4. The van der Waals surface area contributed by atoms with Crippen molar-refractivity contribution in [3.05, 3.63) is 0 Å². The van der Waals surface area contributed by atoms with Gasteiger partial charge in [-0.05, 0) is 18.8 Å². The van der Waals surface area contributed by atoms with Gasteiger partial charge < -0.3 is 4.74 Å². The lowest BCUT2D eigenvalue weighted by atomic mass is 9.81. The summed E-state index contributed by atoms with van der Waals surface area (Å²) >= 11 is 0. The van der Waals surface area contributed by atoms with Crippen molar-refractivity contribution in [1.82, 2.24) is 0 Å². The zero-order valence-corrected chi connectivity index (χ0v) is 9.54. The molecule has 0 saturated heterocycles. The first kappa shape index (κ1) is 13.5. The van der Waals surface area contributed by atoms with Crippen LogP contribution < -0.4 is 0 Å². The minimum Gasteiger partial charge on any atom is -0.465 e. The van der Waals surface area contributed by atoms with Crippen molar-refractivity contribution in [1.29, 1.82) is 5.26 Å². The van der Waals surface area contributed by atoms with Crippen LogP contribution in [0.15, 0.2) is 0 Å². The van der Waals surface area contributed by atoms with E-state index in [0.29, 0.717) is 19.4 Å². The summed E-state index contributed by atoms with van der Waals surface area (Å²) in [6.45, 7) is 5.90. The SMILES string of the molecule is C#CCC(C)(C)CC(C#N)C(=O)OCC. The van der Waals surface area contributed by atoms with E-state index in [1.54, 1.807) is 6.92 Å². The third-order valence-electron chi connectivity index (χ3n) is 2.06. The first-order valence-corrected chi connectivity index (χ1v) is 4.96. The van der Waals surface area contributed by atoms with Gasteiger partial charge in [-0.25, -0.2) is 0 Å². The van der Waals surface area contributed by atoms with Gasteiger partial charge in [0.2, 0.25) is 0 Å². The van der Waals surface area contributed by atoms with Crippen LogP contribution in [0.25, 0.3) is 0 Å². The minimum absolute atomic E-state index is 0.206. The number of esters is 1. The van der Waals surface area contributed by atoms with Crippen molar-refractivity contribution in [2.75, 3.05) is 6.61 Å². The molecule has 1 atom stereocenters. The highest BCUT2D eigenvalue weighted by molar-refractivity contribution is 5.75. The molecule has 0 radical (unpaired) electrons. The molecule has 0 aliphatic rings. The number of nitriles is 1. The third-order valence-corrected chi connectivity index (χ3v) is 2.06. The topological polar surface area (TPSA) is 50.1 Å². The van der Waals surface area contributed by atoms with Crippen LogP contribution in [0.5, 0.6) is 0 Å². The summed E-state index contributed by atoms with van der Waals surface area (Å²) in [6, 6.07) is 1.96. The van der Waals surface area contributed by atoms with Gasteiger partial charge in [0, 0.05) is 6.42 Å². The number of hydrogen-bond donors (Lipinski definition) is 0. The molecule has 0 N–H and O–H groups in total. The number of terminal acetylenes is 1. The molecule has 0 bridgehead atoms. The Labute approximate surface area is 91.4 Å².